The molecule has 3 aromatic rings. The van der Waals surface area contributed by atoms with Gasteiger partial charge in [0.05, 0.1) is 12.3 Å². The molecule has 0 saturated carbocycles. The fourth-order valence-corrected chi connectivity index (χ4v) is 4.91. The van der Waals surface area contributed by atoms with E-state index >= 15 is 0 Å². The van der Waals surface area contributed by atoms with E-state index in [1.807, 2.05) is 25.1 Å². The average molecular weight is 407 g/mol. The number of hydrogen-bond donors (Lipinski definition) is 1. The van der Waals surface area contributed by atoms with Crippen molar-refractivity contribution in [2.24, 2.45) is 0 Å². The Hall–Kier alpha value is -2.66. The summed E-state index contributed by atoms with van der Waals surface area (Å²) in [7, 11) is 0. The lowest BCUT2D eigenvalue weighted by Crippen LogP contribution is -2.03. The van der Waals surface area contributed by atoms with Crippen LogP contribution in [0.2, 0.25) is 0 Å². The molecule has 29 heavy (non-hydrogen) atoms. The molecule has 1 aromatic heterocycles. The van der Waals surface area contributed by atoms with Crippen LogP contribution in [-0.2, 0) is 17.6 Å². The zero-order valence-corrected chi connectivity index (χ0v) is 17.7. The highest BCUT2D eigenvalue weighted by Gasteiger charge is 2.22. The molecule has 0 saturated heterocycles. The predicted molar refractivity (Wildman–Crippen MR) is 119 cm³/mol. The molecule has 1 heterocycles. The number of carbonyl (C=O) groups excluding carboxylic acids is 1. The second-order valence-electron chi connectivity index (χ2n) is 7.69. The van der Waals surface area contributed by atoms with Crippen molar-refractivity contribution in [2.45, 2.75) is 45.4 Å². The first-order chi connectivity index (χ1) is 14.0. The van der Waals surface area contributed by atoms with Gasteiger partial charge in [-0.25, -0.2) is 4.98 Å². The largest absolute Gasteiger partial charge is 0.493 e. The zero-order valence-electron chi connectivity index (χ0n) is 16.9. The maximum Gasteiger partial charge on any atom is 0.123 e. The lowest BCUT2D eigenvalue weighted by atomic mass is 9.99. The van der Waals surface area contributed by atoms with Crippen LogP contribution < -0.4 is 10.5 Å². The van der Waals surface area contributed by atoms with E-state index in [0.717, 1.165) is 58.8 Å². The Morgan fingerprint density at radius 2 is 2.10 bits per heavy atom. The molecule has 1 aliphatic rings. The number of hydrogen-bond acceptors (Lipinski definition) is 5. The van der Waals surface area contributed by atoms with Crippen LogP contribution >= 0.6 is 11.3 Å². The van der Waals surface area contributed by atoms with Gasteiger partial charge in [-0.05, 0) is 67.5 Å². The number of thiazole rings is 1. The smallest absolute Gasteiger partial charge is 0.123 e. The van der Waals surface area contributed by atoms with Gasteiger partial charge in [0.25, 0.3) is 0 Å². The molecule has 2 N–H and O–H groups in total. The first-order valence-corrected chi connectivity index (χ1v) is 10.9. The third kappa shape index (κ3) is 4.20. The van der Waals surface area contributed by atoms with Crippen molar-refractivity contribution in [2.75, 3.05) is 12.3 Å². The topological polar surface area (TPSA) is 65.2 Å². The minimum atomic E-state index is 0.378. The fraction of sp³-hybridized carbons (Fsp3) is 0.333. The number of nitrogens with zero attached hydrogens (tertiary/aromatic N) is 1. The summed E-state index contributed by atoms with van der Waals surface area (Å²) in [5, 5.41) is 1.00. The third-order valence-corrected chi connectivity index (χ3v) is 6.79. The van der Waals surface area contributed by atoms with Crippen LogP contribution in [0, 0.1) is 13.8 Å². The number of benzene rings is 2. The number of carbonyl (C=O) groups is 1. The summed E-state index contributed by atoms with van der Waals surface area (Å²) in [5.41, 5.74) is 12.7. The third-order valence-electron chi connectivity index (χ3n) is 5.72. The number of aryl methyl sites for hydroxylation is 3. The highest BCUT2D eigenvalue weighted by atomic mass is 32.1. The van der Waals surface area contributed by atoms with E-state index in [4.69, 9.17) is 15.5 Å². The summed E-state index contributed by atoms with van der Waals surface area (Å²) in [6, 6.07) is 12.4. The van der Waals surface area contributed by atoms with Crippen LogP contribution in [0.1, 0.15) is 46.0 Å². The van der Waals surface area contributed by atoms with Gasteiger partial charge in [-0.3, -0.25) is 0 Å². The molecule has 0 bridgehead atoms. The number of fused-ring (bicyclic) bond motifs is 1. The first kappa shape index (κ1) is 19.6. The van der Waals surface area contributed by atoms with Crippen LogP contribution in [0.15, 0.2) is 36.4 Å². The Kier molecular flexibility index (Phi) is 5.67. The quantitative estimate of drug-likeness (QED) is 0.430. The Bertz CT molecular complexity index is 1040. The van der Waals surface area contributed by atoms with Crippen molar-refractivity contribution in [3.63, 3.8) is 0 Å². The van der Waals surface area contributed by atoms with Gasteiger partial charge in [-0.2, -0.15) is 0 Å². The van der Waals surface area contributed by atoms with Crippen LogP contribution in [0.25, 0.3) is 10.6 Å². The summed E-state index contributed by atoms with van der Waals surface area (Å²) >= 11 is 1.70. The van der Waals surface area contributed by atoms with Crippen molar-refractivity contribution in [3.8, 4) is 16.3 Å². The van der Waals surface area contributed by atoms with Crippen molar-refractivity contribution >= 4 is 23.3 Å². The molecule has 0 unspecified atom stereocenters. The monoisotopic (exact) mass is 406 g/mol. The van der Waals surface area contributed by atoms with Gasteiger partial charge in [0.2, 0.25) is 0 Å². The highest BCUT2D eigenvalue weighted by Crippen LogP contribution is 2.37. The zero-order chi connectivity index (χ0) is 20.4. The molecule has 0 amide bonds. The number of aldehydes is 1. The second kappa shape index (κ2) is 8.37. The lowest BCUT2D eigenvalue weighted by molar-refractivity contribution is -0.108. The molecular weight excluding hydrogens is 380 g/mol. The van der Waals surface area contributed by atoms with Crippen LogP contribution in [-0.4, -0.2) is 17.9 Å². The Balaban J connectivity index is 1.39. The number of nitrogens with two attached hydrogens (primary N) is 1. The van der Waals surface area contributed by atoms with E-state index in [2.05, 4.69) is 25.1 Å². The standard InChI is InChI=1S/C24H26N2O2S/c1-15-3-4-19(14-22(15)25)24-26-23(16(2)29-24)10-12-28-20-7-8-21-17(9-11-27)5-6-18(21)13-20/h3-4,7-8,11,13-14,17H,5-6,9-10,12,25H2,1-2H3/t17-/m0/s1. The molecule has 2 aromatic carbocycles. The van der Waals surface area contributed by atoms with E-state index < -0.39 is 0 Å². The van der Waals surface area contributed by atoms with Crippen molar-refractivity contribution in [1.29, 1.82) is 0 Å². The number of nitrogen functional groups attached to an aromatic ring is 1. The molecule has 0 spiro atoms. The number of rotatable bonds is 7. The van der Waals surface area contributed by atoms with Crippen LogP contribution in [0.5, 0.6) is 5.75 Å². The minimum Gasteiger partial charge on any atom is -0.493 e. The van der Waals surface area contributed by atoms with Gasteiger partial charge in [0.1, 0.15) is 17.0 Å². The molecule has 150 valence electrons. The lowest BCUT2D eigenvalue weighted by Gasteiger charge is -2.10. The van der Waals surface area contributed by atoms with Gasteiger partial charge in [-0.15, -0.1) is 11.3 Å². The average Bonchev–Trinajstić information content (AvgIpc) is 3.28. The minimum absolute atomic E-state index is 0.378. The molecule has 1 aliphatic carbocycles. The van der Waals surface area contributed by atoms with Crippen molar-refractivity contribution in [1.82, 2.24) is 4.98 Å². The molecule has 0 radical (unpaired) electrons. The maximum atomic E-state index is 10.8. The highest BCUT2D eigenvalue weighted by molar-refractivity contribution is 7.15. The van der Waals surface area contributed by atoms with E-state index in [9.17, 15) is 4.79 Å². The van der Waals surface area contributed by atoms with Gasteiger partial charge >= 0.3 is 0 Å². The summed E-state index contributed by atoms with van der Waals surface area (Å²) < 4.78 is 6.01. The van der Waals surface area contributed by atoms with Gasteiger partial charge in [-0.1, -0.05) is 18.2 Å². The number of aromatic nitrogens is 1. The van der Waals surface area contributed by atoms with E-state index in [-0.39, 0.29) is 0 Å². The van der Waals surface area contributed by atoms with E-state index in [0.29, 0.717) is 18.9 Å². The van der Waals surface area contributed by atoms with Gasteiger partial charge < -0.3 is 15.3 Å². The predicted octanol–water partition coefficient (Wildman–Crippen LogP) is 5.25. The van der Waals surface area contributed by atoms with E-state index in [1.54, 1.807) is 11.3 Å². The molecule has 4 nitrogen and oxygen atoms in total. The number of anilines is 1. The van der Waals surface area contributed by atoms with Gasteiger partial charge in [0.15, 0.2) is 0 Å². The maximum absolute atomic E-state index is 10.8. The Morgan fingerprint density at radius 1 is 1.24 bits per heavy atom. The van der Waals surface area contributed by atoms with Crippen molar-refractivity contribution in [3.05, 3.63) is 63.7 Å². The molecule has 4 rings (SSSR count). The summed E-state index contributed by atoms with van der Waals surface area (Å²) in [4.78, 5) is 16.9. The van der Waals surface area contributed by atoms with Crippen LogP contribution in [0.3, 0.4) is 0 Å². The molecule has 0 fully saturated rings. The normalized spacial score (nSPS) is 15.3. The van der Waals surface area contributed by atoms with E-state index in [1.165, 1.54) is 16.0 Å². The SMILES string of the molecule is Cc1ccc(-c2nc(CCOc3ccc4c(c3)CC[C@H]4CC=O)c(C)s2)cc1N. The van der Waals surface area contributed by atoms with Crippen LogP contribution in [0.4, 0.5) is 5.69 Å². The second-order valence-corrected chi connectivity index (χ2v) is 8.89. The van der Waals surface area contributed by atoms with Crippen molar-refractivity contribution < 1.29 is 9.53 Å². The van der Waals surface area contributed by atoms with Gasteiger partial charge in [0, 0.05) is 29.0 Å². The molecule has 1 atom stereocenters. The summed E-state index contributed by atoms with van der Waals surface area (Å²) in [6.07, 6.45) is 4.50. The fourth-order valence-electron chi connectivity index (χ4n) is 3.96. The Morgan fingerprint density at radius 3 is 2.90 bits per heavy atom. The number of ether oxygens (including phenoxy) is 1. The molecular formula is C24H26N2O2S. The molecule has 5 heteroatoms. The first-order valence-electron chi connectivity index (χ1n) is 10.1. The summed E-state index contributed by atoms with van der Waals surface area (Å²) in [6.45, 7) is 4.71. The Labute approximate surface area is 175 Å². The summed E-state index contributed by atoms with van der Waals surface area (Å²) in [5.74, 6) is 1.28. The molecule has 0 aliphatic heterocycles.